The third kappa shape index (κ3) is 2.87. The second-order valence-electron chi connectivity index (χ2n) is 5.67. The number of nitrogens with zero attached hydrogens (tertiary/aromatic N) is 4. The highest BCUT2D eigenvalue weighted by molar-refractivity contribution is 7.07. The number of ether oxygens (including phenoxy) is 1. The average molecular weight is 326 g/mol. The van der Waals surface area contributed by atoms with E-state index in [4.69, 9.17) is 4.74 Å². The molecule has 0 N–H and O–H groups in total. The van der Waals surface area contributed by atoms with Crippen molar-refractivity contribution >= 4 is 11.3 Å². The molecule has 2 aromatic heterocycles. The van der Waals surface area contributed by atoms with E-state index in [-0.39, 0.29) is 0 Å². The van der Waals surface area contributed by atoms with E-state index in [0.29, 0.717) is 6.04 Å². The van der Waals surface area contributed by atoms with Crippen LogP contribution in [0.2, 0.25) is 0 Å². The van der Waals surface area contributed by atoms with E-state index in [0.717, 1.165) is 36.9 Å². The van der Waals surface area contributed by atoms with E-state index in [1.165, 1.54) is 5.56 Å². The van der Waals surface area contributed by atoms with Crippen LogP contribution < -0.4 is 4.74 Å². The van der Waals surface area contributed by atoms with Crippen LogP contribution in [0.3, 0.4) is 0 Å². The molecule has 3 aromatic rings. The minimum atomic E-state index is 0.310. The monoisotopic (exact) mass is 326 g/mol. The van der Waals surface area contributed by atoms with Crippen molar-refractivity contribution in [2.45, 2.75) is 25.7 Å². The maximum atomic E-state index is 5.28. The molecule has 0 radical (unpaired) electrons. The van der Waals surface area contributed by atoms with Crippen LogP contribution in [0.25, 0.3) is 0 Å². The summed E-state index contributed by atoms with van der Waals surface area (Å²) in [5, 5.41) is 2.12. The highest BCUT2D eigenvalue weighted by Crippen LogP contribution is 2.31. The standard InChI is InChI=1S/C17H18N4OS/c1-22-15-4-2-13(3-5-15)16-9-20-7-6-18-17(20)10-21(16)8-14-11-23-12-19-14/h2-7,11-12,16H,8-10H2,1H3. The molecule has 6 heteroatoms. The zero-order valence-corrected chi connectivity index (χ0v) is 13.7. The number of rotatable bonds is 4. The quantitative estimate of drug-likeness (QED) is 0.739. The number of thiazole rings is 1. The van der Waals surface area contributed by atoms with Crippen LogP contribution in [0.4, 0.5) is 0 Å². The SMILES string of the molecule is COc1ccc(C2Cn3ccnc3CN2Cc2cscn2)cc1. The fourth-order valence-electron chi connectivity index (χ4n) is 3.08. The van der Waals surface area contributed by atoms with E-state index in [1.54, 1.807) is 18.4 Å². The molecule has 0 saturated carbocycles. The van der Waals surface area contributed by atoms with E-state index >= 15 is 0 Å². The highest BCUT2D eigenvalue weighted by atomic mass is 32.1. The van der Waals surface area contributed by atoms with Gasteiger partial charge in [0.05, 0.1) is 30.9 Å². The molecule has 118 valence electrons. The Bertz CT molecular complexity index is 766. The fourth-order valence-corrected chi connectivity index (χ4v) is 3.63. The van der Waals surface area contributed by atoms with E-state index < -0.39 is 0 Å². The molecule has 0 aliphatic carbocycles. The summed E-state index contributed by atoms with van der Waals surface area (Å²) in [5.74, 6) is 2.00. The van der Waals surface area contributed by atoms with E-state index in [1.807, 2.05) is 23.8 Å². The average Bonchev–Trinajstić information content (AvgIpc) is 3.25. The molecule has 0 fully saturated rings. The molecule has 1 atom stereocenters. The van der Waals surface area contributed by atoms with Crippen molar-refractivity contribution < 1.29 is 4.74 Å². The molecule has 0 spiro atoms. The highest BCUT2D eigenvalue weighted by Gasteiger charge is 2.28. The Hall–Kier alpha value is -2.18. The summed E-state index contributed by atoms with van der Waals surface area (Å²) in [4.78, 5) is 11.4. The Labute approximate surface area is 139 Å². The largest absolute Gasteiger partial charge is 0.497 e. The lowest BCUT2D eigenvalue weighted by Crippen LogP contribution is -2.36. The normalized spacial score (nSPS) is 17.9. The van der Waals surface area contributed by atoms with Crippen molar-refractivity contribution in [3.63, 3.8) is 0 Å². The molecule has 1 aromatic carbocycles. The van der Waals surface area contributed by atoms with Gasteiger partial charge in [-0.2, -0.15) is 0 Å². The first-order valence-corrected chi connectivity index (χ1v) is 8.53. The third-order valence-electron chi connectivity index (χ3n) is 4.31. The minimum absolute atomic E-state index is 0.310. The Morgan fingerprint density at radius 1 is 1.26 bits per heavy atom. The van der Waals surface area contributed by atoms with Crippen molar-refractivity contribution in [3.8, 4) is 5.75 Å². The van der Waals surface area contributed by atoms with Gasteiger partial charge in [0.25, 0.3) is 0 Å². The van der Waals surface area contributed by atoms with Crippen LogP contribution in [0.15, 0.2) is 47.5 Å². The molecule has 1 unspecified atom stereocenters. The molecule has 1 aliphatic heterocycles. The molecule has 0 bridgehead atoms. The van der Waals surface area contributed by atoms with Crippen molar-refractivity contribution in [2.24, 2.45) is 0 Å². The van der Waals surface area contributed by atoms with Gasteiger partial charge < -0.3 is 9.30 Å². The van der Waals surface area contributed by atoms with Gasteiger partial charge in [0, 0.05) is 30.9 Å². The molecule has 0 saturated heterocycles. The molecule has 23 heavy (non-hydrogen) atoms. The second kappa shape index (κ2) is 6.14. The van der Waals surface area contributed by atoms with Crippen molar-refractivity contribution in [1.29, 1.82) is 0 Å². The van der Waals surface area contributed by atoms with Gasteiger partial charge in [0.2, 0.25) is 0 Å². The smallest absolute Gasteiger partial charge is 0.122 e. The maximum absolute atomic E-state index is 5.28. The number of hydrogen-bond donors (Lipinski definition) is 0. The van der Waals surface area contributed by atoms with Crippen LogP contribution >= 0.6 is 11.3 Å². The Morgan fingerprint density at radius 2 is 2.13 bits per heavy atom. The van der Waals surface area contributed by atoms with Crippen molar-refractivity contribution in [3.05, 3.63) is 64.6 Å². The van der Waals surface area contributed by atoms with Gasteiger partial charge in [-0.15, -0.1) is 11.3 Å². The summed E-state index contributed by atoms with van der Waals surface area (Å²) in [6, 6.07) is 8.67. The first-order chi connectivity index (χ1) is 11.3. The lowest BCUT2D eigenvalue weighted by Gasteiger charge is -2.36. The first-order valence-electron chi connectivity index (χ1n) is 7.58. The van der Waals surface area contributed by atoms with Gasteiger partial charge >= 0.3 is 0 Å². The summed E-state index contributed by atoms with van der Waals surface area (Å²) in [6.07, 6.45) is 3.94. The topological polar surface area (TPSA) is 43.2 Å². The van der Waals surface area contributed by atoms with Gasteiger partial charge in [0.1, 0.15) is 11.6 Å². The van der Waals surface area contributed by atoms with Crippen molar-refractivity contribution in [2.75, 3.05) is 7.11 Å². The summed E-state index contributed by atoms with van der Waals surface area (Å²) in [5.41, 5.74) is 4.30. The molecule has 3 heterocycles. The van der Waals surface area contributed by atoms with Crippen LogP contribution in [-0.2, 0) is 19.6 Å². The van der Waals surface area contributed by atoms with E-state index in [9.17, 15) is 0 Å². The number of hydrogen-bond acceptors (Lipinski definition) is 5. The van der Waals surface area contributed by atoms with Gasteiger partial charge in [-0.3, -0.25) is 4.90 Å². The maximum Gasteiger partial charge on any atom is 0.122 e. The number of methoxy groups -OCH3 is 1. The van der Waals surface area contributed by atoms with Gasteiger partial charge in [-0.05, 0) is 17.7 Å². The van der Waals surface area contributed by atoms with Gasteiger partial charge in [-0.1, -0.05) is 12.1 Å². The molecule has 0 amide bonds. The number of aromatic nitrogens is 3. The lowest BCUT2D eigenvalue weighted by atomic mass is 10.0. The predicted octanol–water partition coefficient (Wildman–Crippen LogP) is 3.11. The van der Waals surface area contributed by atoms with Gasteiger partial charge in [0.15, 0.2) is 0 Å². The molecule has 4 rings (SSSR count). The predicted molar refractivity (Wildman–Crippen MR) is 89.3 cm³/mol. The third-order valence-corrected chi connectivity index (χ3v) is 4.94. The Balaban J connectivity index is 1.65. The summed E-state index contributed by atoms with van der Waals surface area (Å²) in [6.45, 7) is 2.58. The zero-order valence-electron chi connectivity index (χ0n) is 12.9. The van der Waals surface area contributed by atoms with Crippen molar-refractivity contribution in [1.82, 2.24) is 19.4 Å². The van der Waals surface area contributed by atoms with Crippen LogP contribution in [0.1, 0.15) is 23.1 Å². The molecular formula is C17H18N4OS. The van der Waals surface area contributed by atoms with E-state index in [2.05, 4.69) is 43.1 Å². The lowest BCUT2D eigenvalue weighted by molar-refractivity contribution is 0.127. The molecule has 1 aliphatic rings. The van der Waals surface area contributed by atoms with Crippen LogP contribution in [0, 0.1) is 0 Å². The van der Waals surface area contributed by atoms with Gasteiger partial charge in [-0.25, -0.2) is 9.97 Å². The Morgan fingerprint density at radius 3 is 2.87 bits per heavy atom. The number of benzene rings is 1. The molecular weight excluding hydrogens is 308 g/mol. The van der Waals surface area contributed by atoms with Crippen LogP contribution in [0.5, 0.6) is 5.75 Å². The number of fused-ring (bicyclic) bond motifs is 1. The zero-order chi connectivity index (χ0) is 15.6. The minimum Gasteiger partial charge on any atom is -0.497 e. The number of imidazole rings is 1. The summed E-state index contributed by atoms with van der Waals surface area (Å²) < 4.78 is 7.52. The summed E-state index contributed by atoms with van der Waals surface area (Å²) >= 11 is 1.64. The first kappa shape index (κ1) is 14.4. The van der Waals surface area contributed by atoms with Crippen LogP contribution in [-0.4, -0.2) is 26.5 Å². The summed E-state index contributed by atoms with van der Waals surface area (Å²) in [7, 11) is 1.70. The fraction of sp³-hybridized carbons (Fsp3) is 0.294. The molecule has 5 nitrogen and oxygen atoms in total. The Kier molecular flexibility index (Phi) is 3.85. The second-order valence-corrected chi connectivity index (χ2v) is 6.39.